The Balaban J connectivity index is 2.11. The third kappa shape index (κ3) is 4.99. The zero-order chi connectivity index (χ0) is 18.4. The Hall–Kier alpha value is -2.48. The number of carbonyl (C=O) groups is 3. The van der Waals surface area contributed by atoms with E-state index in [1.807, 2.05) is 0 Å². The molecule has 2 rings (SSSR count). The van der Waals surface area contributed by atoms with Crippen LogP contribution in [0.4, 0.5) is 10.1 Å². The van der Waals surface area contributed by atoms with E-state index in [9.17, 15) is 18.8 Å². The molecule has 1 aromatic rings. The molecule has 0 bridgehead atoms. The first kappa shape index (κ1) is 18.9. The number of anilines is 1. The van der Waals surface area contributed by atoms with Crippen LogP contribution in [0.2, 0.25) is 0 Å². The fourth-order valence-corrected chi connectivity index (χ4v) is 2.86. The molecular weight excluding hydrogens is 327 g/mol. The molecule has 1 fully saturated rings. The molecule has 136 valence electrons. The van der Waals surface area contributed by atoms with E-state index in [-0.39, 0.29) is 29.8 Å². The van der Waals surface area contributed by atoms with E-state index < -0.39 is 11.7 Å². The van der Waals surface area contributed by atoms with Crippen molar-refractivity contribution in [3.05, 3.63) is 29.6 Å². The lowest BCUT2D eigenvalue weighted by molar-refractivity contribution is -0.126. The van der Waals surface area contributed by atoms with Crippen LogP contribution in [0.15, 0.2) is 18.2 Å². The van der Waals surface area contributed by atoms with Gasteiger partial charge in [0.05, 0.1) is 11.5 Å². The smallest absolute Gasteiger partial charge is 0.256 e. The van der Waals surface area contributed by atoms with E-state index in [2.05, 4.69) is 10.6 Å². The van der Waals surface area contributed by atoms with Crippen molar-refractivity contribution in [3.63, 3.8) is 0 Å². The van der Waals surface area contributed by atoms with Gasteiger partial charge < -0.3 is 21.3 Å². The minimum Gasteiger partial charge on any atom is -0.355 e. The topological polar surface area (TPSA) is 105 Å². The maximum Gasteiger partial charge on any atom is 0.256 e. The molecular formula is C17H23FN4O3. The second kappa shape index (κ2) is 8.57. The lowest BCUT2D eigenvalue weighted by Gasteiger charge is -2.32. The highest BCUT2D eigenvalue weighted by molar-refractivity contribution is 5.97. The summed E-state index contributed by atoms with van der Waals surface area (Å²) in [7, 11) is 0. The van der Waals surface area contributed by atoms with Crippen LogP contribution in [0.25, 0.3) is 0 Å². The first-order valence-electron chi connectivity index (χ1n) is 8.26. The molecule has 0 spiro atoms. The first-order chi connectivity index (χ1) is 11.9. The van der Waals surface area contributed by atoms with E-state index in [1.165, 1.54) is 24.0 Å². The molecule has 1 atom stereocenters. The molecule has 1 saturated heterocycles. The Morgan fingerprint density at radius 1 is 1.36 bits per heavy atom. The van der Waals surface area contributed by atoms with Crippen molar-refractivity contribution in [2.45, 2.75) is 19.8 Å². The zero-order valence-corrected chi connectivity index (χ0v) is 14.2. The van der Waals surface area contributed by atoms with Gasteiger partial charge >= 0.3 is 0 Å². The fraction of sp³-hybridized carbons (Fsp3) is 0.471. The lowest BCUT2D eigenvalue weighted by Crippen LogP contribution is -2.46. The van der Waals surface area contributed by atoms with Crippen molar-refractivity contribution < 1.29 is 18.8 Å². The highest BCUT2D eigenvalue weighted by atomic mass is 19.1. The minimum atomic E-state index is -0.659. The highest BCUT2D eigenvalue weighted by Gasteiger charge is 2.29. The number of nitrogens with two attached hydrogens (primary N) is 1. The molecule has 1 aliphatic heterocycles. The van der Waals surface area contributed by atoms with Gasteiger partial charge in [0.15, 0.2) is 0 Å². The number of hydrogen-bond donors (Lipinski definition) is 3. The number of halogens is 1. The predicted molar refractivity (Wildman–Crippen MR) is 91.4 cm³/mol. The van der Waals surface area contributed by atoms with Gasteiger partial charge in [-0.05, 0) is 31.0 Å². The van der Waals surface area contributed by atoms with Crippen molar-refractivity contribution in [2.75, 3.05) is 31.5 Å². The molecule has 1 unspecified atom stereocenters. The van der Waals surface area contributed by atoms with Gasteiger partial charge in [0.25, 0.3) is 5.91 Å². The summed E-state index contributed by atoms with van der Waals surface area (Å²) in [6, 6.07) is 3.86. The number of likely N-dealkylation sites (tertiary alicyclic amines) is 1. The molecule has 1 heterocycles. The molecule has 8 heteroatoms. The van der Waals surface area contributed by atoms with Gasteiger partial charge in [-0.15, -0.1) is 0 Å². The monoisotopic (exact) mass is 350 g/mol. The molecule has 0 radical (unpaired) electrons. The Labute approximate surface area is 145 Å². The van der Waals surface area contributed by atoms with E-state index in [0.29, 0.717) is 38.2 Å². The third-order valence-corrected chi connectivity index (χ3v) is 4.04. The van der Waals surface area contributed by atoms with Gasteiger partial charge in [-0.25, -0.2) is 4.39 Å². The van der Waals surface area contributed by atoms with Crippen molar-refractivity contribution in [3.8, 4) is 0 Å². The number of hydrogen-bond acceptors (Lipinski definition) is 4. The number of benzene rings is 1. The standard InChI is InChI=1S/C17H23FN4O3/c1-11(23)21-13-4-5-15(18)14(9-13)17(25)22-8-2-3-12(10-22)16(24)20-7-6-19/h4-5,9,12H,2-3,6-8,10,19H2,1H3,(H,20,24)(H,21,23). The van der Waals surface area contributed by atoms with Crippen LogP contribution in [0, 0.1) is 11.7 Å². The number of nitrogens with one attached hydrogen (secondary N) is 2. The number of rotatable bonds is 5. The second-order valence-corrected chi connectivity index (χ2v) is 6.05. The Morgan fingerprint density at radius 3 is 2.80 bits per heavy atom. The summed E-state index contributed by atoms with van der Waals surface area (Å²) >= 11 is 0. The van der Waals surface area contributed by atoms with Gasteiger partial charge in [0, 0.05) is 38.8 Å². The third-order valence-electron chi connectivity index (χ3n) is 4.04. The second-order valence-electron chi connectivity index (χ2n) is 6.05. The van der Waals surface area contributed by atoms with Crippen LogP contribution < -0.4 is 16.4 Å². The van der Waals surface area contributed by atoms with Gasteiger partial charge in [-0.3, -0.25) is 14.4 Å². The number of piperidine rings is 1. The molecule has 0 saturated carbocycles. The largest absolute Gasteiger partial charge is 0.355 e. The highest BCUT2D eigenvalue weighted by Crippen LogP contribution is 2.22. The van der Waals surface area contributed by atoms with Gasteiger partial charge in [-0.2, -0.15) is 0 Å². The molecule has 1 aliphatic rings. The zero-order valence-electron chi connectivity index (χ0n) is 14.2. The van der Waals surface area contributed by atoms with Crippen LogP contribution in [0.3, 0.4) is 0 Å². The van der Waals surface area contributed by atoms with Crippen LogP contribution in [-0.2, 0) is 9.59 Å². The molecule has 0 aliphatic carbocycles. The average Bonchev–Trinajstić information content (AvgIpc) is 2.60. The van der Waals surface area contributed by atoms with Gasteiger partial charge in [-0.1, -0.05) is 0 Å². The lowest BCUT2D eigenvalue weighted by atomic mass is 9.96. The number of amides is 3. The molecule has 3 amide bonds. The first-order valence-corrected chi connectivity index (χ1v) is 8.26. The van der Waals surface area contributed by atoms with Crippen molar-refractivity contribution >= 4 is 23.4 Å². The fourth-order valence-electron chi connectivity index (χ4n) is 2.86. The van der Waals surface area contributed by atoms with Gasteiger partial charge in [0.2, 0.25) is 11.8 Å². The predicted octanol–water partition coefficient (Wildman–Crippen LogP) is 0.711. The van der Waals surface area contributed by atoms with Crippen molar-refractivity contribution in [1.29, 1.82) is 0 Å². The summed E-state index contributed by atoms with van der Waals surface area (Å²) in [6.07, 6.45) is 1.34. The summed E-state index contributed by atoms with van der Waals surface area (Å²) in [5.74, 6) is -1.92. The summed E-state index contributed by atoms with van der Waals surface area (Å²) in [6.45, 7) is 2.77. The molecule has 7 nitrogen and oxygen atoms in total. The average molecular weight is 350 g/mol. The Bertz CT molecular complexity index is 665. The van der Waals surface area contributed by atoms with E-state index >= 15 is 0 Å². The summed E-state index contributed by atoms with van der Waals surface area (Å²) < 4.78 is 14.1. The summed E-state index contributed by atoms with van der Waals surface area (Å²) in [4.78, 5) is 37.4. The maximum atomic E-state index is 14.1. The molecule has 1 aromatic carbocycles. The quantitative estimate of drug-likeness (QED) is 0.727. The van der Waals surface area contributed by atoms with Crippen LogP contribution in [0.1, 0.15) is 30.1 Å². The van der Waals surface area contributed by atoms with E-state index in [1.54, 1.807) is 0 Å². The summed E-state index contributed by atoms with van der Waals surface area (Å²) in [5, 5.41) is 5.25. The maximum absolute atomic E-state index is 14.1. The number of nitrogens with zero attached hydrogens (tertiary/aromatic N) is 1. The Morgan fingerprint density at radius 2 is 2.12 bits per heavy atom. The Kier molecular flexibility index (Phi) is 6.46. The van der Waals surface area contributed by atoms with Crippen LogP contribution >= 0.6 is 0 Å². The van der Waals surface area contributed by atoms with E-state index in [4.69, 9.17) is 5.73 Å². The van der Waals surface area contributed by atoms with Crippen LogP contribution in [-0.4, -0.2) is 48.8 Å². The van der Waals surface area contributed by atoms with Crippen molar-refractivity contribution in [2.24, 2.45) is 11.7 Å². The molecule has 4 N–H and O–H groups in total. The van der Waals surface area contributed by atoms with E-state index in [0.717, 1.165) is 6.07 Å². The molecule has 0 aromatic heterocycles. The SMILES string of the molecule is CC(=O)Nc1ccc(F)c(C(=O)N2CCCC(C(=O)NCCN)C2)c1. The minimum absolute atomic E-state index is 0.116. The van der Waals surface area contributed by atoms with Gasteiger partial charge in [0.1, 0.15) is 5.82 Å². The van der Waals surface area contributed by atoms with Crippen LogP contribution in [0.5, 0.6) is 0 Å². The normalized spacial score (nSPS) is 17.1. The summed E-state index contributed by atoms with van der Waals surface area (Å²) in [5.41, 5.74) is 5.61. The van der Waals surface area contributed by atoms with Crippen molar-refractivity contribution in [1.82, 2.24) is 10.2 Å². The number of carbonyl (C=O) groups excluding carboxylic acids is 3. The molecule has 25 heavy (non-hydrogen) atoms.